The number of benzene rings is 1. The van der Waals surface area contributed by atoms with Crippen LogP contribution in [0.2, 0.25) is 0 Å². The molecule has 2 aliphatic rings. The number of alkyl halides is 3. The lowest BCUT2D eigenvalue weighted by molar-refractivity contribution is -0.274. The summed E-state index contributed by atoms with van der Waals surface area (Å²) < 4.78 is 40.8. The predicted molar refractivity (Wildman–Crippen MR) is 122 cm³/mol. The molecule has 0 N–H and O–H groups in total. The zero-order valence-electron chi connectivity index (χ0n) is 19.1. The number of hydrogen-bond donors (Lipinski definition) is 0. The first-order chi connectivity index (χ1) is 16.4. The summed E-state index contributed by atoms with van der Waals surface area (Å²) in [7, 11) is 0. The van der Waals surface area contributed by atoms with Crippen LogP contribution in [0.3, 0.4) is 0 Å². The standard InChI is InChI=1S/C24H30F3N5O2/c25-24(26,27)34-21-6-4-20(5-7-21)19-30-13-11-29(12-14-30)10-8-23(33)32-17-15-31(16-18-32)22-3-1-2-9-28-22/h1-7,9H,8,10-19H2. The van der Waals surface area contributed by atoms with Gasteiger partial charge in [-0.25, -0.2) is 4.98 Å². The van der Waals surface area contributed by atoms with Crippen molar-refractivity contribution in [3.8, 4) is 5.75 Å². The molecule has 0 unspecified atom stereocenters. The lowest BCUT2D eigenvalue weighted by Gasteiger charge is -2.37. The number of nitrogens with zero attached hydrogens (tertiary/aromatic N) is 5. The van der Waals surface area contributed by atoms with Crippen molar-refractivity contribution in [2.45, 2.75) is 19.3 Å². The number of hydrogen-bond acceptors (Lipinski definition) is 6. The van der Waals surface area contributed by atoms with Crippen LogP contribution in [0.25, 0.3) is 0 Å². The number of rotatable bonds is 7. The molecule has 0 spiro atoms. The molecule has 1 amide bonds. The lowest BCUT2D eigenvalue weighted by atomic mass is 10.2. The van der Waals surface area contributed by atoms with Gasteiger partial charge in [0, 0.05) is 78.1 Å². The number of carbonyl (C=O) groups excluding carboxylic acids is 1. The van der Waals surface area contributed by atoms with E-state index in [1.165, 1.54) is 12.1 Å². The summed E-state index contributed by atoms with van der Waals surface area (Å²) in [6.07, 6.45) is -2.37. The average Bonchev–Trinajstić information content (AvgIpc) is 2.84. The summed E-state index contributed by atoms with van der Waals surface area (Å²) in [5.41, 5.74) is 0.947. The van der Waals surface area contributed by atoms with Gasteiger partial charge in [0.1, 0.15) is 11.6 Å². The second-order valence-electron chi connectivity index (χ2n) is 8.62. The molecular formula is C24H30F3N5O2. The fourth-order valence-electron chi connectivity index (χ4n) is 4.36. The molecule has 1 aromatic carbocycles. The van der Waals surface area contributed by atoms with Crippen LogP contribution in [0.5, 0.6) is 5.75 Å². The highest BCUT2D eigenvalue weighted by atomic mass is 19.4. The molecule has 0 atom stereocenters. The number of piperazine rings is 2. The van der Waals surface area contributed by atoms with Gasteiger partial charge >= 0.3 is 6.36 Å². The van der Waals surface area contributed by atoms with Crippen LogP contribution in [-0.2, 0) is 11.3 Å². The Morgan fingerprint density at radius 1 is 0.882 bits per heavy atom. The number of anilines is 1. The molecule has 4 rings (SSSR count). The minimum atomic E-state index is -4.67. The fraction of sp³-hybridized carbons (Fsp3) is 0.500. The van der Waals surface area contributed by atoms with E-state index in [1.807, 2.05) is 23.1 Å². The summed E-state index contributed by atoms with van der Waals surface area (Å²) in [5, 5.41) is 0. The van der Waals surface area contributed by atoms with Crippen molar-refractivity contribution >= 4 is 11.7 Å². The molecule has 2 aliphatic heterocycles. The third-order valence-corrected chi connectivity index (χ3v) is 6.28. The molecule has 0 radical (unpaired) electrons. The van der Waals surface area contributed by atoms with Crippen molar-refractivity contribution in [1.82, 2.24) is 19.7 Å². The Kier molecular flexibility index (Phi) is 7.89. The Morgan fingerprint density at radius 2 is 1.56 bits per heavy atom. The van der Waals surface area contributed by atoms with Crippen molar-refractivity contribution < 1.29 is 22.7 Å². The zero-order valence-corrected chi connectivity index (χ0v) is 19.1. The van der Waals surface area contributed by atoms with Gasteiger partial charge in [0.25, 0.3) is 0 Å². The third-order valence-electron chi connectivity index (χ3n) is 6.28. The zero-order chi connectivity index (χ0) is 24.0. The Bertz CT molecular complexity index is 910. The predicted octanol–water partition coefficient (Wildman–Crippen LogP) is 2.84. The molecule has 3 heterocycles. The monoisotopic (exact) mass is 477 g/mol. The van der Waals surface area contributed by atoms with Crippen molar-refractivity contribution in [1.29, 1.82) is 0 Å². The molecule has 34 heavy (non-hydrogen) atoms. The largest absolute Gasteiger partial charge is 0.573 e. The maximum atomic E-state index is 12.7. The Labute approximate surface area is 197 Å². The molecule has 184 valence electrons. The van der Waals surface area contributed by atoms with Gasteiger partial charge in [0.05, 0.1) is 0 Å². The van der Waals surface area contributed by atoms with Gasteiger partial charge in [-0.1, -0.05) is 18.2 Å². The molecule has 2 saturated heterocycles. The molecular weight excluding hydrogens is 447 g/mol. The Morgan fingerprint density at radius 3 is 2.18 bits per heavy atom. The van der Waals surface area contributed by atoms with Crippen molar-refractivity contribution in [2.24, 2.45) is 0 Å². The maximum Gasteiger partial charge on any atom is 0.573 e. The second kappa shape index (κ2) is 11.1. The number of halogens is 3. The van der Waals surface area contributed by atoms with Crippen molar-refractivity contribution in [3.05, 3.63) is 54.2 Å². The van der Waals surface area contributed by atoms with E-state index in [1.54, 1.807) is 18.3 Å². The number of pyridine rings is 1. The highest BCUT2D eigenvalue weighted by Gasteiger charge is 2.31. The van der Waals surface area contributed by atoms with E-state index in [2.05, 4.69) is 24.4 Å². The molecule has 2 fully saturated rings. The van der Waals surface area contributed by atoms with Gasteiger partial charge in [-0.3, -0.25) is 9.69 Å². The molecule has 0 bridgehead atoms. The van der Waals surface area contributed by atoms with Gasteiger partial charge in [-0.15, -0.1) is 13.2 Å². The summed E-state index contributed by atoms with van der Waals surface area (Å²) >= 11 is 0. The van der Waals surface area contributed by atoms with Gasteiger partial charge in [-0.05, 0) is 29.8 Å². The summed E-state index contributed by atoms with van der Waals surface area (Å²) in [6, 6.07) is 11.9. The average molecular weight is 478 g/mol. The van der Waals surface area contributed by atoms with E-state index >= 15 is 0 Å². The van der Waals surface area contributed by atoms with E-state index in [4.69, 9.17) is 0 Å². The van der Waals surface area contributed by atoms with Gasteiger partial charge in [-0.2, -0.15) is 0 Å². The smallest absolute Gasteiger partial charge is 0.406 e. The van der Waals surface area contributed by atoms with Crippen LogP contribution in [0, 0.1) is 0 Å². The quantitative estimate of drug-likeness (QED) is 0.612. The minimum absolute atomic E-state index is 0.198. The van der Waals surface area contributed by atoms with E-state index in [-0.39, 0.29) is 11.7 Å². The van der Waals surface area contributed by atoms with E-state index in [0.29, 0.717) is 13.0 Å². The molecule has 10 heteroatoms. The van der Waals surface area contributed by atoms with Gasteiger partial charge in [0.15, 0.2) is 0 Å². The fourth-order valence-corrected chi connectivity index (χ4v) is 4.36. The van der Waals surface area contributed by atoms with Crippen LogP contribution in [-0.4, -0.2) is 90.9 Å². The van der Waals surface area contributed by atoms with Crippen molar-refractivity contribution in [2.75, 3.05) is 63.8 Å². The molecule has 1 aromatic heterocycles. The minimum Gasteiger partial charge on any atom is -0.406 e. The van der Waals surface area contributed by atoms with Crippen molar-refractivity contribution in [3.63, 3.8) is 0 Å². The molecule has 2 aromatic rings. The molecule has 0 aliphatic carbocycles. The maximum absolute atomic E-state index is 12.7. The van der Waals surface area contributed by atoms with Crippen LogP contribution in [0.15, 0.2) is 48.7 Å². The van der Waals surface area contributed by atoms with Crippen LogP contribution < -0.4 is 9.64 Å². The Hall–Kier alpha value is -2.85. The van der Waals surface area contributed by atoms with E-state index < -0.39 is 6.36 Å². The summed E-state index contributed by atoms with van der Waals surface area (Å²) in [5.74, 6) is 0.950. The number of ether oxygens (including phenoxy) is 1. The first kappa shape index (κ1) is 24.3. The van der Waals surface area contributed by atoms with Crippen LogP contribution in [0.4, 0.5) is 19.0 Å². The normalized spacial score (nSPS) is 18.2. The summed E-state index contributed by atoms with van der Waals surface area (Å²) in [6.45, 7) is 7.92. The SMILES string of the molecule is O=C(CCN1CCN(Cc2ccc(OC(F)(F)F)cc2)CC1)N1CCN(c2ccccn2)CC1. The third kappa shape index (κ3) is 7.07. The number of aromatic nitrogens is 1. The first-order valence-corrected chi connectivity index (χ1v) is 11.6. The topological polar surface area (TPSA) is 52.2 Å². The highest BCUT2D eigenvalue weighted by Crippen LogP contribution is 2.23. The van der Waals surface area contributed by atoms with Gasteiger partial charge < -0.3 is 19.4 Å². The highest BCUT2D eigenvalue weighted by molar-refractivity contribution is 5.76. The second-order valence-corrected chi connectivity index (χ2v) is 8.62. The molecule has 7 nitrogen and oxygen atoms in total. The van der Waals surface area contributed by atoms with Crippen LogP contribution in [0.1, 0.15) is 12.0 Å². The van der Waals surface area contributed by atoms with Crippen LogP contribution >= 0.6 is 0 Å². The number of amides is 1. The lowest BCUT2D eigenvalue weighted by Crippen LogP contribution is -2.50. The Balaban J connectivity index is 1.13. The first-order valence-electron chi connectivity index (χ1n) is 11.6. The van der Waals surface area contributed by atoms with E-state index in [9.17, 15) is 18.0 Å². The number of carbonyl (C=O) groups is 1. The van der Waals surface area contributed by atoms with E-state index in [0.717, 1.165) is 70.3 Å². The summed E-state index contributed by atoms with van der Waals surface area (Å²) in [4.78, 5) is 25.8. The van der Waals surface area contributed by atoms with Gasteiger partial charge in [0.2, 0.25) is 5.91 Å². The molecule has 0 saturated carbocycles.